The van der Waals surface area contributed by atoms with Crippen molar-refractivity contribution >= 4 is 43.7 Å². The van der Waals surface area contributed by atoms with Gasteiger partial charge in [0, 0.05) is 34.7 Å². The molecule has 0 aliphatic carbocycles. The van der Waals surface area contributed by atoms with E-state index in [1.165, 1.54) is 17.3 Å². The fourth-order valence-electron chi connectivity index (χ4n) is 7.65. The van der Waals surface area contributed by atoms with E-state index in [0.29, 0.717) is 11.1 Å². The smallest absolute Gasteiger partial charge is 0.498 e. The Labute approximate surface area is 365 Å². The first-order valence-electron chi connectivity index (χ1n) is 21.1. The van der Waals surface area contributed by atoms with Crippen molar-refractivity contribution in [2.45, 2.75) is 78.6 Å². The Bertz CT molecular complexity index is 3060. The minimum Gasteiger partial charge on any atom is -0.498 e. The van der Waals surface area contributed by atoms with Crippen LogP contribution in [0.1, 0.15) is 88.7 Å². The summed E-state index contributed by atoms with van der Waals surface area (Å²) in [5, 5.41) is 15.0. The Kier molecular flexibility index (Phi) is 9.79. The Balaban J connectivity index is 0.000000305. The van der Waals surface area contributed by atoms with E-state index >= 15 is 0 Å². The van der Waals surface area contributed by atoms with E-state index in [1.54, 1.807) is 23.0 Å². The standard InChI is InChI=1S/C42H40N3O.C10H9N2.Ir/c1-40(2,3)26-14-17-28-29-18-15-27(41(4,5)6)23-35(29)45(34(28)22-26)37-25(24-43)13-16-31-36-32(42(7,8)9)20-19-30(38(36)46-39(31)37)33-12-10-11-21-44-33;1-11-7-8-12(9-11)10-5-3-2-4-6-10;/h10-18,20-23H,1-9H3;2-5,7-8H,1H3;/q2*-1;+3/i;1D3;. The van der Waals surface area contributed by atoms with Gasteiger partial charge in [0.25, 0.3) is 0 Å². The Morgan fingerprint density at radius 1 is 0.763 bits per heavy atom. The number of para-hydroxylation sites is 1. The van der Waals surface area contributed by atoms with Gasteiger partial charge in [-0.05, 0) is 57.3 Å². The van der Waals surface area contributed by atoms with Crippen molar-refractivity contribution in [2.24, 2.45) is 6.98 Å². The van der Waals surface area contributed by atoms with E-state index in [9.17, 15) is 5.26 Å². The molecule has 4 heterocycles. The molecule has 6 nitrogen and oxygen atoms in total. The second-order valence-electron chi connectivity index (χ2n) is 18.0. The maximum atomic E-state index is 10.7. The SMILES string of the molecule is CC(C)(C)c1ccc2c3ccc(C(C)(C)C)cc3n(-c3c(C#N)ccc4c3oc3c(-c5ccccn5)[c-]cc(C(C)(C)C)c34)c2c1.[2H]C([2H])([2H])[n+]1[c-]n(-c2[c-]cccc2)cc1.[Ir+3]. The van der Waals surface area contributed by atoms with Crippen LogP contribution in [-0.2, 0) is 43.3 Å². The summed E-state index contributed by atoms with van der Waals surface area (Å²) in [6.07, 6.45) is 7.61. The van der Waals surface area contributed by atoms with Gasteiger partial charge in [-0.25, -0.2) is 0 Å². The molecule has 0 unspecified atom stereocenters. The molecule has 0 N–H and O–H groups in total. The van der Waals surface area contributed by atoms with E-state index in [1.807, 2.05) is 42.5 Å². The molecule has 9 aromatic rings. The second kappa shape index (κ2) is 15.4. The summed E-state index contributed by atoms with van der Waals surface area (Å²) in [6.45, 7) is 17.9. The Morgan fingerprint density at radius 3 is 1.97 bits per heavy atom. The molecule has 0 atom stereocenters. The van der Waals surface area contributed by atoms with Crippen LogP contribution in [-0.4, -0.2) is 14.1 Å². The first kappa shape index (κ1) is 37.5. The Hall–Kier alpha value is -5.80. The number of aromatic nitrogens is 4. The summed E-state index contributed by atoms with van der Waals surface area (Å²) < 4.78 is 33.5. The average Bonchev–Trinajstić information content (AvgIpc) is 3.95. The van der Waals surface area contributed by atoms with E-state index in [-0.39, 0.29) is 36.4 Å². The van der Waals surface area contributed by atoms with Gasteiger partial charge in [-0.1, -0.05) is 121 Å². The number of pyridine rings is 1. The quantitative estimate of drug-likeness (QED) is 0.131. The van der Waals surface area contributed by atoms with Gasteiger partial charge in [0.15, 0.2) is 0 Å². The van der Waals surface area contributed by atoms with Crippen molar-refractivity contribution < 1.29 is 33.2 Å². The molecule has 7 heteroatoms. The first-order chi connectivity index (χ1) is 28.8. The van der Waals surface area contributed by atoms with Gasteiger partial charge >= 0.3 is 20.1 Å². The number of benzene rings is 5. The molecule has 5 aromatic carbocycles. The summed E-state index contributed by atoms with van der Waals surface area (Å²) in [4.78, 5) is 4.67. The van der Waals surface area contributed by atoms with E-state index in [4.69, 9.17) is 8.53 Å². The van der Waals surface area contributed by atoms with Gasteiger partial charge in [0.05, 0.1) is 33.3 Å². The number of furan rings is 1. The normalized spacial score (nSPS) is 13.1. The summed E-state index contributed by atoms with van der Waals surface area (Å²) >= 11 is 0. The number of aryl methyl sites for hydroxylation is 1. The second-order valence-corrected chi connectivity index (χ2v) is 18.0. The van der Waals surface area contributed by atoms with E-state index in [2.05, 4.69) is 145 Å². The fraction of sp³-hybridized carbons (Fsp3) is 0.250. The van der Waals surface area contributed by atoms with E-state index in [0.717, 1.165) is 70.9 Å². The first-order valence-corrected chi connectivity index (χ1v) is 19.6. The maximum Gasteiger partial charge on any atom is 3.00 e. The molecule has 4 aromatic heterocycles. The van der Waals surface area contributed by atoms with Crippen molar-refractivity contribution in [2.75, 3.05) is 0 Å². The number of nitrogens with zero attached hydrogens (tertiary/aromatic N) is 5. The van der Waals surface area contributed by atoms with E-state index < -0.39 is 6.98 Å². The molecule has 0 radical (unpaired) electrons. The molecule has 0 saturated carbocycles. The minimum absolute atomic E-state index is 0. The van der Waals surface area contributed by atoms with Crippen molar-refractivity contribution in [1.29, 1.82) is 5.26 Å². The van der Waals surface area contributed by atoms with Crippen LogP contribution in [0.2, 0.25) is 0 Å². The minimum atomic E-state index is -2.18. The summed E-state index contributed by atoms with van der Waals surface area (Å²) in [5.41, 5.74) is 10.6. The van der Waals surface area contributed by atoms with Crippen LogP contribution in [0, 0.1) is 29.8 Å². The van der Waals surface area contributed by atoms with Crippen molar-refractivity contribution in [3.05, 3.63) is 156 Å². The topological polar surface area (TPSA) is 63.6 Å². The zero-order chi connectivity index (χ0) is 43.6. The third-order valence-electron chi connectivity index (χ3n) is 10.8. The molecule has 0 bridgehead atoms. The van der Waals surface area contributed by atoms with Crippen LogP contribution in [0.5, 0.6) is 0 Å². The van der Waals surface area contributed by atoms with Crippen LogP contribution < -0.4 is 4.57 Å². The van der Waals surface area contributed by atoms with Crippen molar-refractivity contribution in [1.82, 2.24) is 14.1 Å². The zero-order valence-corrected chi connectivity index (χ0v) is 37.3. The number of hydrogen-bond donors (Lipinski definition) is 0. The number of nitriles is 1. The number of fused-ring (bicyclic) bond motifs is 6. The van der Waals surface area contributed by atoms with Crippen molar-refractivity contribution in [3.8, 4) is 28.7 Å². The predicted molar refractivity (Wildman–Crippen MR) is 236 cm³/mol. The molecular formula is C52H49IrN5O+. The van der Waals surface area contributed by atoms with Crippen molar-refractivity contribution in [3.63, 3.8) is 0 Å². The van der Waals surface area contributed by atoms with Gasteiger partial charge in [-0.2, -0.15) is 35.6 Å². The molecule has 0 spiro atoms. The third-order valence-corrected chi connectivity index (χ3v) is 10.8. The third kappa shape index (κ3) is 7.64. The number of rotatable bonds is 3. The largest absolute Gasteiger partial charge is 3.00 e. The van der Waals surface area contributed by atoms with Gasteiger partial charge in [-0.3, -0.25) is 0 Å². The molecule has 9 rings (SSSR count). The summed E-state index contributed by atoms with van der Waals surface area (Å²) in [6, 6.07) is 41.9. The molecular weight excluding hydrogens is 903 g/mol. The number of hydrogen-bond acceptors (Lipinski definition) is 3. The van der Waals surface area contributed by atoms with Gasteiger partial charge in [0.1, 0.15) is 17.3 Å². The monoisotopic (exact) mass is 955 g/mol. The van der Waals surface area contributed by atoms with Crippen LogP contribution in [0.4, 0.5) is 0 Å². The zero-order valence-electron chi connectivity index (χ0n) is 37.9. The summed E-state index contributed by atoms with van der Waals surface area (Å²) in [5.74, 6) is 0. The molecule has 0 fully saturated rings. The average molecular weight is 955 g/mol. The van der Waals surface area contributed by atoms with Crippen LogP contribution in [0.25, 0.3) is 66.4 Å². The van der Waals surface area contributed by atoms with Gasteiger partial charge in [-0.15, -0.1) is 17.7 Å². The van der Waals surface area contributed by atoms with Crippen LogP contribution in [0.15, 0.2) is 120 Å². The van der Waals surface area contributed by atoms with Crippen LogP contribution >= 0.6 is 0 Å². The molecule has 296 valence electrons. The van der Waals surface area contributed by atoms with Gasteiger partial charge in [0.2, 0.25) is 6.33 Å². The van der Waals surface area contributed by atoms with Gasteiger partial charge < -0.3 is 23.1 Å². The predicted octanol–water partition coefficient (Wildman–Crippen LogP) is 12.2. The van der Waals surface area contributed by atoms with Crippen LogP contribution in [0.3, 0.4) is 0 Å². The summed E-state index contributed by atoms with van der Waals surface area (Å²) in [7, 11) is 0. The molecule has 0 aliphatic heterocycles. The maximum absolute atomic E-state index is 10.7. The molecule has 0 aliphatic rings. The molecule has 0 saturated heterocycles. The fourth-order valence-corrected chi connectivity index (χ4v) is 7.65. The Morgan fingerprint density at radius 2 is 1.42 bits per heavy atom. The number of imidazole rings is 1. The molecule has 59 heavy (non-hydrogen) atoms. The molecule has 0 amide bonds.